The second-order valence-corrected chi connectivity index (χ2v) is 4.86. The quantitative estimate of drug-likeness (QED) is 0.843. The molecule has 1 fully saturated rings. The van der Waals surface area contributed by atoms with Gasteiger partial charge in [0.05, 0.1) is 0 Å². The first-order chi connectivity index (χ1) is 8.08. The SMILES string of the molecule is CC(C)CN(c1ccc(C(=O)O)nn1)C1CC1. The summed E-state index contributed by atoms with van der Waals surface area (Å²) in [5, 5.41) is 16.5. The van der Waals surface area contributed by atoms with Crippen molar-refractivity contribution < 1.29 is 9.90 Å². The number of carbonyl (C=O) groups is 1. The zero-order valence-corrected chi connectivity index (χ0v) is 10.1. The van der Waals surface area contributed by atoms with E-state index in [9.17, 15) is 4.79 Å². The minimum Gasteiger partial charge on any atom is -0.476 e. The van der Waals surface area contributed by atoms with E-state index < -0.39 is 5.97 Å². The van der Waals surface area contributed by atoms with Crippen LogP contribution >= 0.6 is 0 Å². The fourth-order valence-electron chi connectivity index (χ4n) is 1.80. The Morgan fingerprint density at radius 3 is 2.59 bits per heavy atom. The summed E-state index contributed by atoms with van der Waals surface area (Å²) in [6.45, 7) is 5.26. The van der Waals surface area contributed by atoms with Crippen molar-refractivity contribution in [3.05, 3.63) is 17.8 Å². The van der Waals surface area contributed by atoms with Gasteiger partial charge in [0.15, 0.2) is 11.5 Å². The molecule has 1 aromatic heterocycles. The Morgan fingerprint density at radius 1 is 1.47 bits per heavy atom. The van der Waals surface area contributed by atoms with E-state index in [4.69, 9.17) is 5.11 Å². The molecule has 1 heterocycles. The minimum absolute atomic E-state index is 0.00551. The Hall–Kier alpha value is -1.65. The van der Waals surface area contributed by atoms with Gasteiger partial charge in [-0.3, -0.25) is 0 Å². The second kappa shape index (κ2) is 4.69. The predicted octanol–water partition coefficient (Wildman–Crippen LogP) is 1.80. The van der Waals surface area contributed by atoms with Gasteiger partial charge in [0.25, 0.3) is 0 Å². The number of aromatic carboxylic acids is 1. The van der Waals surface area contributed by atoms with E-state index in [0.717, 1.165) is 12.4 Å². The van der Waals surface area contributed by atoms with E-state index in [0.29, 0.717) is 12.0 Å². The summed E-state index contributed by atoms with van der Waals surface area (Å²) in [5.74, 6) is 0.300. The van der Waals surface area contributed by atoms with Gasteiger partial charge >= 0.3 is 5.97 Å². The molecule has 92 valence electrons. The van der Waals surface area contributed by atoms with Crippen molar-refractivity contribution in [3.8, 4) is 0 Å². The smallest absolute Gasteiger partial charge is 0.356 e. The number of carboxylic acids is 1. The number of anilines is 1. The maximum absolute atomic E-state index is 10.7. The summed E-state index contributed by atoms with van der Waals surface area (Å²) >= 11 is 0. The van der Waals surface area contributed by atoms with Crippen molar-refractivity contribution in [1.82, 2.24) is 10.2 Å². The van der Waals surface area contributed by atoms with Gasteiger partial charge in [-0.2, -0.15) is 0 Å². The van der Waals surface area contributed by atoms with Crippen LogP contribution in [0.4, 0.5) is 5.82 Å². The van der Waals surface area contributed by atoms with E-state index in [1.165, 1.54) is 18.9 Å². The molecule has 1 aliphatic carbocycles. The normalized spacial score (nSPS) is 15.0. The minimum atomic E-state index is -1.04. The molecule has 0 saturated heterocycles. The lowest BCUT2D eigenvalue weighted by molar-refractivity contribution is 0.0689. The third kappa shape index (κ3) is 2.93. The number of hydrogen-bond acceptors (Lipinski definition) is 4. The van der Waals surface area contributed by atoms with Gasteiger partial charge in [-0.1, -0.05) is 13.8 Å². The number of nitrogens with zero attached hydrogens (tertiary/aromatic N) is 3. The molecule has 1 saturated carbocycles. The van der Waals surface area contributed by atoms with Crippen molar-refractivity contribution in [3.63, 3.8) is 0 Å². The van der Waals surface area contributed by atoms with Crippen LogP contribution in [0.15, 0.2) is 12.1 Å². The zero-order chi connectivity index (χ0) is 12.4. The molecule has 5 heteroatoms. The van der Waals surface area contributed by atoms with Crippen LogP contribution in [0.25, 0.3) is 0 Å². The molecule has 0 atom stereocenters. The van der Waals surface area contributed by atoms with Gasteiger partial charge in [0.1, 0.15) is 0 Å². The molecule has 0 aromatic carbocycles. The van der Waals surface area contributed by atoms with Crippen LogP contribution in [0.2, 0.25) is 0 Å². The lowest BCUT2D eigenvalue weighted by atomic mass is 10.2. The maximum Gasteiger partial charge on any atom is 0.356 e. The maximum atomic E-state index is 10.7. The molecule has 1 aromatic rings. The molecule has 1 N–H and O–H groups in total. The fourth-order valence-corrected chi connectivity index (χ4v) is 1.80. The second-order valence-electron chi connectivity index (χ2n) is 4.86. The average Bonchev–Trinajstić information content (AvgIpc) is 3.09. The molecule has 0 unspecified atom stereocenters. The first-order valence-electron chi connectivity index (χ1n) is 5.91. The highest BCUT2D eigenvalue weighted by Gasteiger charge is 2.30. The third-order valence-electron chi connectivity index (χ3n) is 2.71. The van der Waals surface area contributed by atoms with E-state index in [-0.39, 0.29) is 5.69 Å². The Bertz CT molecular complexity index is 399. The van der Waals surface area contributed by atoms with Crippen LogP contribution in [0.3, 0.4) is 0 Å². The highest BCUT2D eigenvalue weighted by molar-refractivity contribution is 5.85. The molecule has 0 aliphatic heterocycles. The molecular weight excluding hydrogens is 218 g/mol. The highest BCUT2D eigenvalue weighted by atomic mass is 16.4. The lowest BCUT2D eigenvalue weighted by Crippen LogP contribution is -2.30. The van der Waals surface area contributed by atoms with E-state index in [1.54, 1.807) is 6.07 Å². The van der Waals surface area contributed by atoms with E-state index >= 15 is 0 Å². The van der Waals surface area contributed by atoms with Crippen molar-refractivity contribution in [2.45, 2.75) is 32.7 Å². The zero-order valence-electron chi connectivity index (χ0n) is 10.1. The Kier molecular flexibility index (Phi) is 3.26. The van der Waals surface area contributed by atoms with Gasteiger partial charge in [0, 0.05) is 12.6 Å². The summed E-state index contributed by atoms with van der Waals surface area (Å²) in [5.41, 5.74) is -0.00551. The molecule has 17 heavy (non-hydrogen) atoms. The van der Waals surface area contributed by atoms with Crippen molar-refractivity contribution in [1.29, 1.82) is 0 Å². The van der Waals surface area contributed by atoms with Crippen LogP contribution in [0.1, 0.15) is 37.2 Å². The topological polar surface area (TPSA) is 66.3 Å². The monoisotopic (exact) mass is 235 g/mol. The summed E-state index contributed by atoms with van der Waals surface area (Å²) in [4.78, 5) is 12.9. The third-order valence-corrected chi connectivity index (χ3v) is 2.71. The number of carboxylic acid groups (broad SMARTS) is 1. The fraction of sp³-hybridized carbons (Fsp3) is 0.583. The van der Waals surface area contributed by atoms with Gasteiger partial charge in [-0.25, -0.2) is 4.79 Å². The van der Waals surface area contributed by atoms with Crippen LogP contribution in [-0.2, 0) is 0 Å². The Balaban J connectivity index is 2.15. The summed E-state index contributed by atoms with van der Waals surface area (Å²) in [6.07, 6.45) is 2.38. The average molecular weight is 235 g/mol. The first kappa shape index (κ1) is 11.8. The van der Waals surface area contributed by atoms with Crippen LogP contribution in [0, 0.1) is 5.92 Å². The van der Waals surface area contributed by atoms with Crippen molar-refractivity contribution >= 4 is 11.8 Å². The van der Waals surface area contributed by atoms with Gasteiger partial charge < -0.3 is 10.0 Å². The van der Waals surface area contributed by atoms with Crippen LogP contribution in [-0.4, -0.2) is 33.9 Å². The molecule has 2 rings (SSSR count). The Labute approximate surface area is 100 Å². The number of hydrogen-bond donors (Lipinski definition) is 1. The van der Waals surface area contributed by atoms with Gasteiger partial charge in [0.2, 0.25) is 0 Å². The standard InChI is InChI=1S/C12H17N3O2/c1-8(2)7-15(9-3-4-9)11-6-5-10(12(16)17)13-14-11/h5-6,8-9H,3-4,7H2,1-2H3,(H,16,17). The molecule has 1 aliphatic rings. The first-order valence-corrected chi connectivity index (χ1v) is 5.91. The molecule has 0 radical (unpaired) electrons. The van der Waals surface area contributed by atoms with Crippen molar-refractivity contribution in [2.75, 3.05) is 11.4 Å². The molecule has 0 bridgehead atoms. The van der Waals surface area contributed by atoms with E-state index in [1.807, 2.05) is 0 Å². The van der Waals surface area contributed by atoms with Crippen LogP contribution < -0.4 is 4.90 Å². The molecular formula is C12H17N3O2. The largest absolute Gasteiger partial charge is 0.476 e. The van der Waals surface area contributed by atoms with Gasteiger partial charge in [-0.05, 0) is 30.9 Å². The summed E-state index contributed by atoms with van der Waals surface area (Å²) in [6, 6.07) is 3.82. The number of aromatic nitrogens is 2. The number of rotatable bonds is 5. The van der Waals surface area contributed by atoms with Crippen LogP contribution in [0.5, 0.6) is 0 Å². The molecule has 0 spiro atoms. The Morgan fingerprint density at radius 2 is 2.18 bits per heavy atom. The lowest BCUT2D eigenvalue weighted by Gasteiger charge is -2.24. The highest BCUT2D eigenvalue weighted by Crippen LogP contribution is 2.30. The van der Waals surface area contributed by atoms with Crippen molar-refractivity contribution in [2.24, 2.45) is 5.92 Å². The predicted molar refractivity (Wildman–Crippen MR) is 64.2 cm³/mol. The molecule has 5 nitrogen and oxygen atoms in total. The van der Waals surface area contributed by atoms with E-state index in [2.05, 4.69) is 28.9 Å². The molecule has 0 amide bonds. The van der Waals surface area contributed by atoms with Gasteiger partial charge in [-0.15, -0.1) is 10.2 Å². The summed E-state index contributed by atoms with van der Waals surface area (Å²) in [7, 11) is 0. The summed E-state index contributed by atoms with van der Waals surface area (Å²) < 4.78 is 0.